The molecule has 2 heterocycles. The molecule has 94 valence electrons. The predicted molar refractivity (Wildman–Crippen MR) is 71.9 cm³/mol. The predicted octanol–water partition coefficient (Wildman–Crippen LogP) is 1.52. The van der Waals surface area contributed by atoms with Crippen LogP contribution in [0, 0.1) is 0 Å². The highest BCUT2D eigenvalue weighted by atomic mass is 15.2. The van der Waals surface area contributed by atoms with Gasteiger partial charge >= 0.3 is 0 Å². The summed E-state index contributed by atoms with van der Waals surface area (Å²) in [5.74, 6) is 1.29. The molecule has 0 aliphatic heterocycles. The zero-order chi connectivity index (χ0) is 13.2. The van der Waals surface area contributed by atoms with E-state index in [4.69, 9.17) is 5.73 Å². The van der Waals surface area contributed by atoms with Crippen LogP contribution in [-0.4, -0.2) is 24.7 Å². The van der Waals surface area contributed by atoms with Crippen molar-refractivity contribution < 1.29 is 0 Å². The number of benzene rings is 1. The van der Waals surface area contributed by atoms with Gasteiger partial charge in [-0.2, -0.15) is 15.1 Å². The second kappa shape index (κ2) is 4.49. The van der Waals surface area contributed by atoms with Crippen molar-refractivity contribution in [1.82, 2.24) is 24.7 Å². The van der Waals surface area contributed by atoms with E-state index in [0.29, 0.717) is 11.6 Å². The molecule has 0 aliphatic rings. The minimum absolute atomic E-state index is 0.202. The first-order chi connectivity index (χ1) is 9.22. The number of hydrogen-bond acceptors (Lipinski definition) is 5. The summed E-state index contributed by atoms with van der Waals surface area (Å²) in [6, 6.07) is 9.66. The van der Waals surface area contributed by atoms with Crippen LogP contribution in [0.3, 0.4) is 0 Å². The lowest BCUT2D eigenvalue weighted by molar-refractivity contribution is 0.768. The maximum atomic E-state index is 5.75. The highest BCUT2D eigenvalue weighted by molar-refractivity contribution is 5.61. The molecule has 1 aromatic carbocycles. The lowest BCUT2D eigenvalue weighted by atomic mass is 10.2. The third-order valence-electron chi connectivity index (χ3n) is 2.65. The van der Waals surface area contributed by atoms with Gasteiger partial charge in [0.15, 0.2) is 11.6 Å². The molecule has 0 unspecified atom stereocenters. The first-order valence-electron chi connectivity index (χ1n) is 5.78. The maximum absolute atomic E-state index is 5.75. The number of hydrogen-bond donors (Lipinski definition) is 1. The van der Waals surface area contributed by atoms with Crippen LogP contribution >= 0.6 is 0 Å². The van der Waals surface area contributed by atoms with Crippen LogP contribution in [0.2, 0.25) is 0 Å². The van der Waals surface area contributed by atoms with E-state index < -0.39 is 0 Å². The van der Waals surface area contributed by atoms with Crippen LogP contribution in [0.5, 0.6) is 0 Å². The minimum Gasteiger partial charge on any atom is -0.368 e. The van der Waals surface area contributed by atoms with Crippen LogP contribution in [0.4, 0.5) is 5.95 Å². The number of nitrogens with zero attached hydrogens (tertiary/aromatic N) is 5. The average molecular weight is 252 g/mol. The number of aromatic nitrogens is 5. The molecule has 3 rings (SSSR count). The molecule has 0 saturated carbocycles. The first-order valence-corrected chi connectivity index (χ1v) is 5.78. The third-order valence-corrected chi connectivity index (χ3v) is 2.65. The fourth-order valence-corrected chi connectivity index (χ4v) is 1.77. The molecule has 0 spiro atoms. The van der Waals surface area contributed by atoms with Crippen molar-refractivity contribution in [3.8, 4) is 22.8 Å². The fourth-order valence-electron chi connectivity index (χ4n) is 1.77. The van der Waals surface area contributed by atoms with E-state index in [2.05, 4.69) is 20.1 Å². The summed E-state index contributed by atoms with van der Waals surface area (Å²) >= 11 is 0. The van der Waals surface area contributed by atoms with Gasteiger partial charge < -0.3 is 5.73 Å². The zero-order valence-electron chi connectivity index (χ0n) is 10.4. The Bertz CT molecular complexity index is 704. The van der Waals surface area contributed by atoms with Crippen molar-refractivity contribution in [3.63, 3.8) is 0 Å². The van der Waals surface area contributed by atoms with Crippen LogP contribution in [0.25, 0.3) is 22.8 Å². The lowest BCUT2D eigenvalue weighted by Crippen LogP contribution is -2.01. The molecule has 0 aliphatic carbocycles. The van der Waals surface area contributed by atoms with Gasteiger partial charge in [0.05, 0.1) is 11.8 Å². The van der Waals surface area contributed by atoms with Crippen LogP contribution in [-0.2, 0) is 7.05 Å². The van der Waals surface area contributed by atoms with Crippen molar-refractivity contribution in [1.29, 1.82) is 0 Å². The Hall–Kier alpha value is -2.76. The van der Waals surface area contributed by atoms with E-state index in [1.165, 1.54) is 0 Å². The lowest BCUT2D eigenvalue weighted by Gasteiger charge is -2.03. The monoisotopic (exact) mass is 252 g/mol. The van der Waals surface area contributed by atoms with Gasteiger partial charge in [0.25, 0.3) is 0 Å². The highest BCUT2D eigenvalue weighted by Gasteiger charge is 2.09. The summed E-state index contributed by atoms with van der Waals surface area (Å²) in [4.78, 5) is 12.7. The third kappa shape index (κ3) is 2.28. The molecule has 6 heteroatoms. The Balaban J connectivity index is 2.11. The van der Waals surface area contributed by atoms with Crippen LogP contribution in [0.15, 0.2) is 42.7 Å². The SMILES string of the molecule is Cn1cc(-c2nc(N)nc(-c3ccccc3)n2)cn1. The molecule has 0 atom stereocenters. The molecule has 0 amide bonds. The van der Waals surface area contributed by atoms with Crippen molar-refractivity contribution in [3.05, 3.63) is 42.7 Å². The Morgan fingerprint density at radius 1 is 0.947 bits per heavy atom. The molecule has 0 radical (unpaired) electrons. The largest absolute Gasteiger partial charge is 0.368 e. The van der Waals surface area contributed by atoms with E-state index in [1.54, 1.807) is 10.9 Å². The van der Waals surface area contributed by atoms with Crippen LogP contribution < -0.4 is 5.73 Å². The molecule has 2 aromatic heterocycles. The van der Waals surface area contributed by atoms with E-state index in [1.807, 2.05) is 43.6 Å². The van der Waals surface area contributed by atoms with E-state index in [0.717, 1.165) is 11.1 Å². The topological polar surface area (TPSA) is 82.5 Å². The fraction of sp³-hybridized carbons (Fsp3) is 0.0769. The summed E-state index contributed by atoms with van der Waals surface area (Å²) in [5, 5.41) is 4.10. The average Bonchev–Trinajstić information content (AvgIpc) is 2.86. The van der Waals surface area contributed by atoms with Gasteiger partial charge in [-0.05, 0) is 0 Å². The second-order valence-corrected chi connectivity index (χ2v) is 4.11. The Labute approximate surface area is 110 Å². The Morgan fingerprint density at radius 3 is 2.26 bits per heavy atom. The molecule has 2 N–H and O–H groups in total. The summed E-state index contributed by atoms with van der Waals surface area (Å²) in [6.45, 7) is 0. The summed E-state index contributed by atoms with van der Waals surface area (Å²) < 4.78 is 1.69. The van der Waals surface area contributed by atoms with Gasteiger partial charge in [-0.25, -0.2) is 4.98 Å². The number of nitrogen functional groups attached to an aromatic ring is 1. The summed E-state index contributed by atoms with van der Waals surface area (Å²) in [7, 11) is 1.84. The number of nitrogens with two attached hydrogens (primary N) is 1. The molecular formula is C13H12N6. The van der Waals surface area contributed by atoms with E-state index in [9.17, 15) is 0 Å². The summed E-state index contributed by atoms with van der Waals surface area (Å²) in [6.07, 6.45) is 3.53. The van der Waals surface area contributed by atoms with Crippen molar-refractivity contribution in [2.45, 2.75) is 0 Å². The van der Waals surface area contributed by atoms with Gasteiger partial charge in [-0.3, -0.25) is 4.68 Å². The van der Waals surface area contributed by atoms with Crippen molar-refractivity contribution in [2.75, 3.05) is 5.73 Å². The molecule has 0 bridgehead atoms. The van der Waals surface area contributed by atoms with Crippen LogP contribution in [0.1, 0.15) is 0 Å². The van der Waals surface area contributed by atoms with E-state index in [-0.39, 0.29) is 5.95 Å². The maximum Gasteiger partial charge on any atom is 0.224 e. The first kappa shape index (κ1) is 11.3. The van der Waals surface area contributed by atoms with E-state index >= 15 is 0 Å². The smallest absolute Gasteiger partial charge is 0.224 e. The normalized spacial score (nSPS) is 10.6. The van der Waals surface area contributed by atoms with Gasteiger partial charge in [0.1, 0.15) is 0 Å². The molecule has 0 fully saturated rings. The number of rotatable bonds is 2. The van der Waals surface area contributed by atoms with Gasteiger partial charge in [0.2, 0.25) is 5.95 Å². The number of aryl methyl sites for hydroxylation is 1. The molecule has 0 saturated heterocycles. The highest BCUT2D eigenvalue weighted by Crippen LogP contribution is 2.19. The molecule has 3 aromatic rings. The van der Waals surface area contributed by atoms with Crippen molar-refractivity contribution in [2.24, 2.45) is 7.05 Å². The second-order valence-electron chi connectivity index (χ2n) is 4.11. The quantitative estimate of drug-likeness (QED) is 0.747. The minimum atomic E-state index is 0.202. The summed E-state index contributed by atoms with van der Waals surface area (Å²) in [5.41, 5.74) is 7.47. The standard InChI is InChI=1S/C13H12N6/c1-19-8-10(7-15-19)12-16-11(17-13(14)18-12)9-5-3-2-4-6-9/h2-8H,1H3,(H2,14,16,17,18). The van der Waals surface area contributed by atoms with Gasteiger partial charge in [-0.1, -0.05) is 30.3 Å². The van der Waals surface area contributed by atoms with Gasteiger partial charge in [-0.15, -0.1) is 0 Å². The van der Waals surface area contributed by atoms with Gasteiger partial charge in [0, 0.05) is 18.8 Å². The molecule has 6 nitrogen and oxygen atoms in total. The Morgan fingerprint density at radius 2 is 1.63 bits per heavy atom. The molecular weight excluding hydrogens is 240 g/mol. The number of anilines is 1. The zero-order valence-corrected chi connectivity index (χ0v) is 10.4. The molecule has 19 heavy (non-hydrogen) atoms. The Kier molecular flexibility index (Phi) is 2.68. The van der Waals surface area contributed by atoms with Crippen molar-refractivity contribution >= 4 is 5.95 Å².